The Bertz CT molecular complexity index is 603. The van der Waals surface area contributed by atoms with Crippen LogP contribution in [-0.4, -0.2) is 71.6 Å². The van der Waals surface area contributed by atoms with Gasteiger partial charge in [-0.25, -0.2) is 13.1 Å². The third-order valence-corrected chi connectivity index (χ3v) is 6.03. The van der Waals surface area contributed by atoms with Gasteiger partial charge in [0, 0.05) is 38.3 Å². The minimum absolute atomic E-state index is 0.182. The van der Waals surface area contributed by atoms with Gasteiger partial charge < -0.3 is 10.2 Å². The predicted octanol–water partition coefficient (Wildman–Crippen LogP) is 0.491. The van der Waals surface area contributed by atoms with Gasteiger partial charge in [-0.15, -0.1) is 0 Å². The van der Waals surface area contributed by atoms with E-state index >= 15 is 0 Å². The molecule has 1 heterocycles. The summed E-state index contributed by atoms with van der Waals surface area (Å²) in [6, 6.07) is 7.74. The van der Waals surface area contributed by atoms with Crippen molar-refractivity contribution < 1.29 is 8.42 Å². The maximum atomic E-state index is 11.7. The van der Waals surface area contributed by atoms with Gasteiger partial charge in [0.1, 0.15) is 0 Å². The number of hydrogen-bond donors (Lipinski definition) is 2. The van der Waals surface area contributed by atoms with Crippen molar-refractivity contribution in [2.24, 2.45) is 0 Å². The van der Waals surface area contributed by atoms with E-state index in [2.05, 4.69) is 40.9 Å². The van der Waals surface area contributed by atoms with Gasteiger partial charge in [0.25, 0.3) is 0 Å². The van der Waals surface area contributed by atoms with E-state index in [1.165, 1.54) is 7.05 Å². The first-order chi connectivity index (χ1) is 10.8. The third-order valence-electron chi connectivity index (χ3n) is 4.60. The van der Waals surface area contributed by atoms with Crippen LogP contribution in [0.5, 0.6) is 0 Å². The van der Waals surface area contributed by atoms with E-state index in [-0.39, 0.29) is 6.04 Å². The molecule has 0 saturated carbocycles. The van der Waals surface area contributed by atoms with Crippen molar-refractivity contribution in [3.63, 3.8) is 0 Å². The molecule has 0 spiro atoms. The second-order valence-corrected chi connectivity index (χ2v) is 8.19. The van der Waals surface area contributed by atoms with Crippen LogP contribution in [0.2, 0.25) is 0 Å². The van der Waals surface area contributed by atoms with E-state index in [9.17, 15) is 8.42 Å². The van der Waals surface area contributed by atoms with Crippen molar-refractivity contribution in [3.05, 3.63) is 29.8 Å². The summed E-state index contributed by atoms with van der Waals surface area (Å²) in [5, 5.41) is 3.56. The van der Waals surface area contributed by atoms with Crippen LogP contribution >= 0.6 is 0 Å². The quantitative estimate of drug-likeness (QED) is 0.789. The third kappa shape index (κ3) is 4.74. The normalized spacial score (nSPS) is 22.2. The summed E-state index contributed by atoms with van der Waals surface area (Å²) in [7, 11) is 2.38. The standard InChI is InChI=1S/C16H28N4O2S/c1-13(18-11-15-12-19(3)9-10-20(15)4)14-5-7-16(8-6-14)23(21,22)17-2/h5-8,13,15,17-18H,9-12H2,1-4H3/t13-,15-/m1/s1. The number of piperazine rings is 1. The Labute approximate surface area is 139 Å². The van der Waals surface area contributed by atoms with Gasteiger partial charge in [-0.05, 0) is 45.8 Å². The second kappa shape index (κ2) is 7.72. The molecule has 1 aromatic carbocycles. The van der Waals surface area contributed by atoms with E-state index in [0.29, 0.717) is 10.9 Å². The van der Waals surface area contributed by atoms with Crippen LogP contribution in [0.1, 0.15) is 18.5 Å². The van der Waals surface area contributed by atoms with Gasteiger partial charge in [-0.1, -0.05) is 12.1 Å². The van der Waals surface area contributed by atoms with Crippen molar-refractivity contribution >= 4 is 10.0 Å². The fourth-order valence-electron chi connectivity index (χ4n) is 2.81. The maximum absolute atomic E-state index is 11.7. The van der Waals surface area contributed by atoms with Gasteiger partial charge in [0.05, 0.1) is 4.90 Å². The van der Waals surface area contributed by atoms with Crippen LogP contribution in [0.25, 0.3) is 0 Å². The van der Waals surface area contributed by atoms with E-state index < -0.39 is 10.0 Å². The Morgan fingerprint density at radius 1 is 1.22 bits per heavy atom. The Kier molecular flexibility index (Phi) is 6.16. The van der Waals surface area contributed by atoms with Crippen LogP contribution in [-0.2, 0) is 10.0 Å². The average Bonchev–Trinajstić information content (AvgIpc) is 2.55. The Morgan fingerprint density at radius 3 is 2.48 bits per heavy atom. The summed E-state index contributed by atoms with van der Waals surface area (Å²) >= 11 is 0. The van der Waals surface area contributed by atoms with Crippen molar-refractivity contribution in [1.29, 1.82) is 0 Å². The lowest BCUT2D eigenvalue weighted by molar-refractivity contribution is 0.112. The van der Waals surface area contributed by atoms with Gasteiger partial charge in [-0.2, -0.15) is 0 Å². The molecule has 0 amide bonds. The van der Waals surface area contributed by atoms with Gasteiger partial charge in [0.15, 0.2) is 0 Å². The Morgan fingerprint density at radius 2 is 1.87 bits per heavy atom. The SMILES string of the molecule is CNS(=O)(=O)c1ccc([C@@H](C)NC[C@@H]2CN(C)CCN2C)cc1. The fraction of sp³-hybridized carbons (Fsp3) is 0.625. The van der Waals surface area contributed by atoms with Gasteiger partial charge in [-0.3, -0.25) is 4.90 Å². The Hall–Kier alpha value is -0.990. The summed E-state index contributed by atoms with van der Waals surface area (Å²) in [5.74, 6) is 0. The molecule has 23 heavy (non-hydrogen) atoms. The summed E-state index contributed by atoms with van der Waals surface area (Å²) in [6.07, 6.45) is 0. The van der Waals surface area contributed by atoms with E-state index in [4.69, 9.17) is 0 Å². The highest BCUT2D eigenvalue weighted by Gasteiger charge is 2.22. The molecule has 1 aliphatic rings. The maximum Gasteiger partial charge on any atom is 0.240 e. The van der Waals surface area contributed by atoms with Crippen LogP contribution in [0.4, 0.5) is 0 Å². The molecule has 1 saturated heterocycles. The van der Waals surface area contributed by atoms with Crippen molar-refractivity contribution in [2.45, 2.75) is 23.9 Å². The van der Waals surface area contributed by atoms with Crippen molar-refractivity contribution in [2.75, 3.05) is 47.3 Å². The molecular weight excluding hydrogens is 312 g/mol. The second-order valence-electron chi connectivity index (χ2n) is 6.30. The van der Waals surface area contributed by atoms with Crippen LogP contribution in [0.15, 0.2) is 29.2 Å². The zero-order valence-electron chi connectivity index (χ0n) is 14.4. The minimum atomic E-state index is -3.37. The summed E-state index contributed by atoms with van der Waals surface area (Å²) in [4.78, 5) is 5.04. The summed E-state index contributed by atoms with van der Waals surface area (Å²) in [6.45, 7) is 6.29. The van der Waals surface area contributed by atoms with E-state index in [1.807, 2.05) is 12.1 Å². The molecule has 0 radical (unpaired) electrons. The highest BCUT2D eigenvalue weighted by atomic mass is 32.2. The molecule has 1 aromatic rings. The molecule has 7 heteroatoms. The first-order valence-corrected chi connectivity index (χ1v) is 9.47. The molecule has 1 fully saturated rings. The largest absolute Gasteiger partial charge is 0.309 e. The first-order valence-electron chi connectivity index (χ1n) is 7.99. The molecule has 2 atom stereocenters. The summed E-state index contributed by atoms with van der Waals surface area (Å²) < 4.78 is 25.8. The number of nitrogens with one attached hydrogen (secondary N) is 2. The minimum Gasteiger partial charge on any atom is -0.309 e. The lowest BCUT2D eigenvalue weighted by atomic mass is 10.1. The fourth-order valence-corrected chi connectivity index (χ4v) is 3.54. The van der Waals surface area contributed by atoms with Crippen LogP contribution in [0.3, 0.4) is 0 Å². The number of benzene rings is 1. The lowest BCUT2D eigenvalue weighted by Crippen LogP contribution is -2.53. The topological polar surface area (TPSA) is 64.7 Å². The summed E-state index contributed by atoms with van der Waals surface area (Å²) in [5.41, 5.74) is 1.09. The number of likely N-dealkylation sites (N-methyl/N-ethyl adjacent to an activating group) is 2. The molecule has 2 rings (SSSR count). The van der Waals surface area contributed by atoms with Crippen molar-refractivity contribution in [1.82, 2.24) is 19.8 Å². The van der Waals surface area contributed by atoms with E-state index in [1.54, 1.807) is 12.1 Å². The van der Waals surface area contributed by atoms with Crippen LogP contribution in [0, 0.1) is 0 Å². The molecular formula is C16H28N4O2S. The van der Waals surface area contributed by atoms with E-state index in [0.717, 1.165) is 31.7 Å². The Balaban J connectivity index is 1.94. The highest BCUT2D eigenvalue weighted by Crippen LogP contribution is 2.16. The number of sulfonamides is 1. The molecule has 1 aliphatic heterocycles. The molecule has 0 bridgehead atoms. The molecule has 2 N–H and O–H groups in total. The molecule has 0 aliphatic carbocycles. The monoisotopic (exact) mass is 340 g/mol. The first kappa shape index (κ1) is 18.4. The van der Waals surface area contributed by atoms with Crippen molar-refractivity contribution in [3.8, 4) is 0 Å². The molecule has 0 unspecified atom stereocenters. The van der Waals surface area contributed by atoms with Gasteiger partial charge >= 0.3 is 0 Å². The smallest absolute Gasteiger partial charge is 0.240 e. The van der Waals surface area contributed by atoms with Gasteiger partial charge in [0.2, 0.25) is 10.0 Å². The molecule has 0 aromatic heterocycles. The zero-order chi connectivity index (χ0) is 17.0. The molecule has 130 valence electrons. The number of rotatable bonds is 6. The number of nitrogens with zero attached hydrogens (tertiary/aromatic N) is 2. The highest BCUT2D eigenvalue weighted by molar-refractivity contribution is 7.89. The molecule has 6 nitrogen and oxygen atoms in total. The predicted molar refractivity (Wildman–Crippen MR) is 93.0 cm³/mol. The number of hydrogen-bond acceptors (Lipinski definition) is 5. The average molecular weight is 340 g/mol. The zero-order valence-corrected chi connectivity index (χ0v) is 15.2. The van der Waals surface area contributed by atoms with Crippen LogP contribution < -0.4 is 10.0 Å². The lowest BCUT2D eigenvalue weighted by Gasteiger charge is -2.38.